The van der Waals surface area contributed by atoms with Crippen molar-refractivity contribution in [3.63, 3.8) is 0 Å². The average Bonchev–Trinajstić information content (AvgIpc) is 3.15. The van der Waals surface area contributed by atoms with Crippen LogP contribution in [0.2, 0.25) is 0 Å². The predicted octanol–water partition coefficient (Wildman–Crippen LogP) is 6.53. The Labute approximate surface area is 205 Å². The fourth-order valence-corrected chi connectivity index (χ4v) is 7.59. The number of carbonyl (C=O) groups excluding carboxylic acids is 1. The quantitative estimate of drug-likeness (QED) is 0.422. The van der Waals surface area contributed by atoms with Gasteiger partial charge in [0.2, 0.25) is 11.8 Å². The molecule has 176 valence electrons. The molecule has 4 aliphatic rings. The minimum atomic E-state index is 0.0408. The van der Waals surface area contributed by atoms with E-state index in [0.717, 1.165) is 45.7 Å². The normalized spacial score (nSPS) is 27.2. The molecule has 4 fully saturated rings. The molecule has 34 heavy (non-hydrogen) atoms. The van der Waals surface area contributed by atoms with Gasteiger partial charge in [-0.3, -0.25) is 4.79 Å². The topological polar surface area (TPSA) is 67.2 Å². The van der Waals surface area contributed by atoms with Crippen molar-refractivity contribution in [1.82, 2.24) is 10.3 Å². The van der Waals surface area contributed by atoms with Crippen LogP contribution in [0.15, 0.2) is 40.8 Å². The Morgan fingerprint density at radius 2 is 1.76 bits per heavy atom. The molecular weight excluding hydrogens is 442 g/mol. The van der Waals surface area contributed by atoms with E-state index in [0.29, 0.717) is 17.4 Å². The van der Waals surface area contributed by atoms with E-state index in [9.17, 15) is 4.79 Å². The third kappa shape index (κ3) is 4.13. The molecule has 5 nitrogen and oxygen atoms in total. The SMILES string of the molecule is Cc1ccc(-c2nc3cc(NC(=S)NC(=O)CC45CC6CC(CC(C6)C4)C5)ccc3o2)c(C)c1. The van der Waals surface area contributed by atoms with Crippen molar-refractivity contribution in [3.8, 4) is 11.5 Å². The van der Waals surface area contributed by atoms with Crippen LogP contribution in [-0.4, -0.2) is 16.0 Å². The van der Waals surface area contributed by atoms with Gasteiger partial charge in [-0.1, -0.05) is 17.7 Å². The van der Waals surface area contributed by atoms with Gasteiger partial charge >= 0.3 is 0 Å². The Morgan fingerprint density at radius 3 is 2.44 bits per heavy atom. The molecule has 1 amide bonds. The molecule has 0 spiro atoms. The van der Waals surface area contributed by atoms with Crippen molar-refractivity contribution in [2.75, 3.05) is 5.32 Å². The van der Waals surface area contributed by atoms with Crippen molar-refractivity contribution in [3.05, 3.63) is 47.5 Å². The first-order valence-corrected chi connectivity index (χ1v) is 12.8. The Kier molecular flexibility index (Phi) is 5.25. The highest BCUT2D eigenvalue weighted by Crippen LogP contribution is 2.61. The Hall–Kier alpha value is -2.73. The molecule has 4 aliphatic carbocycles. The summed E-state index contributed by atoms with van der Waals surface area (Å²) >= 11 is 5.47. The van der Waals surface area contributed by atoms with Crippen LogP contribution in [0.4, 0.5) is 5.69 Å². The molecule has 0 aliphatic heterocycles. The number of aryl methyl sites for hydroxylation is 2. The Bertz CT molecular complexity index is 1260. The smallest absolute Gasteiger partial charge is 0.227 e. The summed E-state index contributed by atoms with van der Waals surface area (Å²) in [4.78, 5) is 17.6. The first kappa shape index (κ1) is 21.8. The summed E-state index contributed by atoms with van der Waals surface area (Å²) in [6, 6.07) is 11.9. The highest BCUT2D eigenvalue weighted by Gasteiger charge is 2.51. The van der Waals surface area contributed by atoms with E-state index in [-0.39, 0.29) is 11.3 Å². The number of hydrogen-bond donors (Lipinski definition) is 2. The van der Waals surface area contributed by atoms with E-state index in [4.69, 9.17) is 16.6 Å². The lowest BCUT2D eigenvalue weighted by atomic mass is 9.49. The van der Waals surface area contributed by atoms with Crippen molar-refractivity contribution in [2.24, 2.45) is 23.2 Å². The number of thiocarbonyl (C=S) groups is 1. The second-order valence-corrected chi connectivity index (χ2v) is 11.5. The van der Waals surface area contributed by atoms with Gasteiger partial charge in [0.1, 0.15) is 5.52 Å². The number of carbonyl (C=O) groups is 1. The van der Waals surface area contributed by atoms with E-state index in [1.165, 1.54) is 44.1 Å². The van der Waals surface area contributed by atoms with Gasteiger partial charge in [-0.15, -0.1) is 0 Å². The van der Waals surface area contributed by atoms with Gasteiger partial charge in [-0.2, -0.15) is 0 Å². The molecule has 4 bridgehead atoms. The highest BCUT2D eigenvalue weighted by molar-refractivity contribution is 7.80. The first-order valence-electron chi connectivity index (χ1n) is 12.4. The first-order chi connectivity index (χ1) is 16.3. The Balaban J connectivity index is 1.11. The minimum absolute atomic E-state index is 0.0408. The largest absolute Gasteiger partial charge is 0.436 e. The molecule has 7 rings (SSSR count). The van der Waals surface area contributed by atoms with Crippen LogP contribution in [0.1, 0.15) is 56.1 Å². The molecule has 4 saturated carbocycles. The predicted molar refractivity (Wildman–Crippen MR) is 139 cm³/mol. The van der Waals surface area contributed by atoms with Gasteiger partial charge in [0.05, 0.1) is 0 Å². The van der Waals surface area contributed by atoms with E-state index < -0.39 is 0 Å². The molecule has 0 unspecified atom stereocenters. The molecule has 2 N–H and O–H groups in total. The number of amides is 1. The third-order valence-electron chi connectivity index (χ3n) is 8.21. The number of nitrogens with one attached hydrogen (secondary N) is 2. The molecule has 0 saturated heterocycles. The van der Waals surface area contributed by atoms with Crippen molar-refractivity contribution in [2.45, 2.75) is 58.8 Å². The second-order valence-electron chi connectivity index (χ2n) is 11.1. The van der Waals surface area contributed by atoms with Crippen LogP contribution in [0, 0.1) is 37.0 Å². The number of nitrogens with zero attached hydrogens (tertiary/aromatic N) is 1. The molecule has 3 aromatic rings. The molecule has 6 heteroatoms. The van der Waals surface area contributed by atoms with Crippen LogP contribution in [0.5, 0.6) is 0 Å². The fourth-order valence-electron chi connectivity index (χ4n) is 7.35. The maximum Gasteiger partial charge on any atom is 0.227 e. The van der Waals surface area contributed by atoms with Crippen molar-refractivity contribution >= 4 is 40.0 Å². The number of hydrogen-bond acceptors (Lipinski definition) is 4. The van der Waals surface area contributed by atoms with Gasteiger partial charge in [0.15, 0.2) is 10.7 Å². The summed E-state index contributed by atoms with van der Waals surface area (Å²) in [6.45, 7) is 4.14. The molecule has 0 radical (unpaired) electrons. The lowest BCUT2D eigenvalue weighted by Crippen LogP contribution is -2.48. The summed E-state index contributed by atoms with van der Waals surface area (Å²) in [5, 5.41) is 6.43. The fraction of sp³-hybridized carbons (Fsp3) is 0.464. The summed E-state index contributed by atoms with van der Waals surface area (Å²) in [7, 11) is 0. The zero-order chi connectivity index (χ0) is 23.4. The van der Waals surface area contributed by atoms with Gasteiger partial charge < -0.3 is 15.1 Å². The minimum Gasteiger partial charge on any atom is -0.436 e. The monoisotopic (exact) mass is 473 g/mol. The van der Waals surface area contributed by atoms with Gasteiger partial charge in [-0.25, -0.2) is 4.98 Å². The number of oxazole rings is 1. The number of benzene rings is 2. The summed E-state index contributed by atoms with van der Waals surface area (Å²) in [5.41, 5.74) is 5.80. The van der Waals surface area contributed by atoms with Gasteiger partial charge in [0, 0.05) is 17.7 Å². The number of fused-ring (bicyclic) bond motifs is 1. The summed E-state index contributed by atoms with van der Waals surface area (Å²) in [5.74, 6) is 3.17. The highest BCUT2D eigenvalue weighted by atomic mass is 32.1. The maximum absolute atomic E-state index is 12.9. The molecule has 1 heterocycles. The number of aromatic nitrogens is 1. The van der Waals surface area contributed by atoms with Crippen LogP contribution < -0.4 is 10.6 Å². The molecule has 0 atom stereocenters. The Morgan fingerprint density at radius 1 is 1.06 bits per heavy atom. The zero-order valence-corrected chi connectivity index (χ0v) is 20.6. The lowest BCUT2D eigenvalue weighted by molar-refractivity contribution is -0.127. The number of rotatable bonds is 4. The van der Waals surface area contributed by atoms with Crippen LogP contribution in [0.25, 0.3) is 22.6 Å². The van der Waals surface area contributed by atoms with Gasteiger partial charge in [-0.05, 0) is 118 Å². The van der Waals surface area contributed by atoms with Crippen molar-refractivity contribution in [1.29, 1.82) is 0 Å². The third-order valence-corrected chi connectivity index (χ3v) is 8.42. The van der Waals surface area contributed by atoms with E-state index in [1.54, 1.807) is 0 Å². The summed E-state index contributed by atoms with van der Waals surface area (Å²) in [6.07, 6.45) is 8.41. The zero-order valence-electron chi connectivity index (χ0n) is 19.8. The maximum atomic E-state index is 12.9. The molecule has 1 aromatic heterocycles. The van der Waals surface area contributed by atoms with Crippen LogP contribution in [-0.2, 0) is 4.79 Å². The standard InChI is InChI=1S/C28H31N3O2S/c1-16-3-5-22(17(2)7-16)26-30-23-11-21(4-6-24(23)33-26)29-27(34)31-25(32)15-28-12-18-8-19(13-28)10-20(9-18)14-28/h3-7,11,18-20H,8-10,12-15H2,1-2H3,(H2,29,31,32,34). The van der Waals surface area contributed by atoms with Gasteiger partial charge in [0.25, 0.3) is 0 Å². The summed E-state index contributed by atoms with van der Waals surface area (Å²) < 4.78 is 5.99. The van der Waals surface area contributed by atoms with E-state index >= 15 is 0 Å². The second kappa shape index (κ2) is 8.19. The van der Waals surface area contributed by atoms with Crippen LogP contribution >= 0.6 is 12.2 Å². The number of anilines is 1. The van der Waals surface area contributed by atoms with E-state index in [2.05, 4.69) is 41.6 Å². The molecule has 2 aromatic carbocycles. The molecular formula is C28H31N3O2S. The van der Waals surface area contributed by atoms with Crippen LogP contribution in [0.3, 0.4) is 0 Å². The lowest BCUT2D eigenvalue weighted by Gasteiger charge is -2.56. The van der Waals surface area contributed by atoms with E-state index in [1.807, 2.05) is 24.3 Å². The average molecular weight is 474 g/mol. The van der Waals surface area contributed by atoms with Crippen molar-refractivity contribution < 1.29 is 9.21 Å².